The molecule has 0 aliphatic heterocycles. The fourth-order valence-corrected chi connectivity index (χ4v) is 7.26. The molecule has 1 aromatic carbocycles. The average molecular weight is 529 g/mol. The molecule has 4 aliphatic rings. The zero-order valence-electron chi connectivity index (χ0n) is 21.2. The van der Waals surface area contributed by atoms with Crippen molar-refractivity contribution in [3.05, 3.63) is 29.3 Å². The second-order valence-corrected chi connectivity index (χ2v) is 11.2. The number of aliphatic hydroxyl groups is 2. The van der Waals surface area contributed by atoms with Gasteiger partial charge in [-0.3, -0.25) is 28.9 Å². The predicted octanol–water partition coefficient (Wildman–Crippen LogP) is -0.662. The number of likely N-dealkylation sites (N-methyl/N-ethyl adjacent to an activating group) is 1. The Balaban J connectivity index is 1.67. The summed E-state index contributed by atoms with van der Waals surface area (Å²) in [6.45, 7) is 0.0174. The number of fused-ring (bicyclic) bond motifs is 3. The van der Waals surface area contributed by atoms with Crippen molar-refractivity contribution >= 4 is 29.0 Å². The molecule has 0 bridgehead atoms. The van der Waals surface area contributed by atoms with Gasteiger partial charge in [0, 0.05) is 11.8 Å². The third-order valence-corrected chi connectivity index (χ3v) is 8.96. The van der Waals surface area contributed by atoms with Gasteiger partial charge in [0.1, 0.15) is 5.75 Å². The highest BCUT2D eigenvalue weighted by Gasteiger charge is 2.73. The Morgan fingerprint density at radius 1 is 1.13 bits per heavy atom. The molecule has 5 rings (SSSR count). The van der Waals surface area contributed by atoms with Crippen LogP contribution in [-0.4, -0.2) is 93.8 Å². The number of carbonyl (C=O) groups is 5. The van der Waals surface area contributed by atoms with Crippen molar-refractivity contribution in [1.29, 1.82) is 0 Å². The van der Waals surface area contributed by atoms with Gasteiger partial charge < -0.3 is 25.8 Å². The Hall–Kier alpha value is -2.99. The van der Waals surface area contributed by atoms with Gasteiger partial charge in [0.2, 0.25) is 5.91 Å². The van der Waals surface area contributed by atoms with E-state index in [1.165, 1.54) is 25.1 Å². The minimum atomic E-state index is -3.02. The summed E-state index contributed by atoms with van der Waals surface area (Å²) < 4.78 is 6.15. The van der Waals surface area contributed by atoms with Gasteiger partial charge in [0.05, 0.1) is 42.3 Å². The molecule has 1 amide bonds. The molecule has 0 saturated heterocycles. The molecule has 38 heavy (non-hydrogen) atoms. The molecule has 3 fully saturated rings. The number of nitrogens with two attached hydrogens (primary N) is 1. The van der Waals surface area contributed by atoms with Crippen LogP contribution in [0.5, 0.6) is 5.75 Å². The van der Waals surface area contributed by atoms with Crippen LogP contribution in [-0.2, 0) is 23.9 Å². The number of phenolic OH excluding ortho intramolecular Hbond substituents is 1. The standard InChI is InChI=1S/C27H32N2O9/c1-29(2)20-19-22(32)16-13(10-38-11-6-3-4-7-11)12-8-5-9-14(30)15(12)21(31)17(16)24(34)27(19,37)25(35)18(23(20)33)26(28)36/h5,8-9,11,13,16-20,22,30,32,37H,3-4,6-7,10H2,1-2H3,(H2,28,36)/t13-,16+,17?,18?,19+,20?,22-,27-/m0/s1. The highest BCUT2D eigenvalue weighted by molar-refractivity contribution is 6.32. The molecule has 0 heterocycles. The van der Waals surface area contributed by atoms with Gasteiger partial charge >= 0.3 is 0 Å². The second-order valence-electron chi connectivity index (χ2n) is 11.2. The fraction of sp³-hybridized carbons (Fsp3) is 0.593. The van der Waals surface area contributed by atoms with Crippen LogP contribution >= 0.6 is 0 Å². The van der Waals surface area contributed by atoms with Crippen LogP contribution in [0.2, 0.25) is 0 Å². The minimum Gasteiger partial charge on any atom is -0.507 e. The van der Waals surface area contributed by atoms with Gasteiger partial charge in [-0.15, -0.1) is 0 Å². The second kappa shape index (κ2) is 9.33. The number of benzene rings is 1. The Labute approximate surface area is 218 Å². The highest BCUT2D eigenvalue weighted by Crippen LogP contribution is 2.54. The van der Waals surface area contributed by atoms with Gasteiger partial charge in [-0.1, -0.05) is 25.0 Å². The summed E-state index contributed by atoms with van der Waals surface area (Å²) >= 11 is 0. The molecule has 0 spiro atoms. The molecular formula is C27H32N2O9. The lowest BCUT2D eigenvalue weighted by Crippen LogP contribution is -2.77. The summed E-state index contributed by atoms with van der Waals surface area (Å²) in [6.07, 6.45) is 1.97. The number of primary amides is 1. The third-order valence-electron chi connectivity index (χ3n) is 8.96. The molecule has 4 aliphatic carbocycles. The largest absolute Gasteiger partial charge is 0.507 e. The predicted molar refractivity (Wildman–Crippen MR) is 130 cm³/mol. The number of hydrogen-bond acceptors (Lipinski definition) is 10. The first-order chi connectivity index (χ1) is 17.9. The number of amides is 1. The Morgan fingerprint density at radius 2 is 1.79 bits per heavy atom. The summed E-state index contributed by atoms with van der Waals surface area (Å²) in [5.74, 6) is -13.5. The number of nitrogens with zero attached hydrogens (tertiary/aromatic N) is 1. The van der Waals surface area contributed by atoms with Crippen LogP contribution in [0.3, 0.4) is 0 Å². The van der Waals surface area contributed by atoms with E-state index < -0.39 is 76.4 Å². The van der Waals surface area contributed by atoms with Crippen LogP contribution in [0, 0.1) is 23.7 Å². The first-order valence-corrected chi connectivity index (χ1v) is 12.9. The van der Waals surface area contributed by atoms with E-state index in [0.717, 1.165) is 25.7 Å². The van der Waals surface area contributed by atoms with Crippen LogP contribution in [0.4, 0.5) is 0 Å². The van der Waals surface area contributed by atoms with Crippen molar-refractivity contribution in [2.75, 3.05) is 20.7 Å². The van der Waals surface area contributed by atoms with E-state index in [2.05, 4.69) is 0 Å². The van der Waals surface area contributed by atoms with E-state index in [-0.39, 0.29) is 24.0 Å². The summed E-state index contributed by atoms with van der Waals surface area (Å²) in [7, 11) is 2.92. The topological polar surface area (TPSA) is 185 Å². The lowest BCUT2D eigenvalue weighted by molar-refractivity contribution is -0.198. The van der Waals surface area contributed by atoms with E-state index in [1.54, 1.807) is 12.1 Å². The van der Waals surface area contributed by atoms with Crippen LogP contribution in [0.1, 0.15) is 47.5 Å². The number of hydrogen-bond donors (Lipinski definition) is 4. The lowest BCUT2D eigenvalue weighted by Gasteiger charge is -2.56. The third kappa shape index (κ3) is 3.59. The quantitative estimate of drug-likeness (QED) is 0.358. The van der Waals surface area contributed by atoms with E-state index in [0.29, 0.717) is 5.56 Å². The van der Waals surface area contributed by atoms with E-state index in [1.807, 2.05) is 0 Å². The van der Waals surface area contributed by atoms with Crippen LogP contribution in [0.15, 0.2) is 18.2 Å². The number of rotatable bonds is 5. The first-order valence-electron chi connectivity index (χ1n) is 12.9. The highest BCUT2D eigenvalue weighted by atomic mass is 16.5. The normalized spacial score (nSPS) is 37.2. The molecular weight excluding hydrogens is 496 g/mol. The lowest BCUT2D eigenvalue weighted by atomic mass is 9.49. The number of phenols is 1. The number of carbonyl (C=O) groups excluding carboxylic acids is 5. The van der Waals surface area contributed by atoms with Crippen molar-refractivity contribution in [2.45, 2.75) is 55.5 Å². The maximum absolute atomic E-state index is 14.0. The van der Waals surface area contributed by atoms with E-state index >= 15 is 0 Å². The summed E-state index contributed by atoms with van der Waals surface area (Å²) in [5.41, 5.74) is 2.57. The van der Waals surface area contributed by atoms with E-state index in [9.17, 15) is 39.3 Å². The van der Waals surface area contributed by atoms with Gasteiger partial charge in [0.25, 0.3) is 0 Å². The van der Waals surface area contributed by atoms with Gasteiger partial charge in [-0.05, 0) is 38.6 Å². The Bertz CT molecular complexity index is 1220. The molecule has 5 N–H and O–H groups in total. The van der Waals surface area contributed by atoms with Crippen molar-refractivity contribution in [2.24, 2.45) is 29.4 Å². The van der Waals surface area contributed by atoms with Gasteiger partial charge in [0.15, 0.2) is 34.7 Å². The van der Waals surface area contributed by atoms with Crippen LogP contribution < -0.4 is 5.73 Å². The maximum atomic E-state index is 14.0. The minimum absolute atomic E-state index is 0.0174. The summed E-state index contributed by atoms with van der Waals surface area (Å²) in [4.78, 5) is 67.9. The van der Waals surface area contributed by atoms with Gasteiger partial charge in [-0.25, -0.2) is 0 Å². The first kappa shape index (κ1) is 26.6. The average Bonchev–Trinajstić information content (AvgIpc) is 3.37. The number of aromatic hydroxyl groups is 1. The van der Waals surface area contributed by atoms with Crippen LogP contribution in [0.25, 0.3) is 0 Å². The Morgan fingerprint density at radius 3 is 2.39 bits per heavy atom. The van der Waals surface area contributed by atoms with Crippen molar-refractivity contribution < 1.29 is 44.0 Å². The van der Waals surface area contributed by atoms with E-state index in [4.69, 9.17) is 10.5 Å². The smallest absolute Gasteiger partial charge is 0.235 e. The molecule has 3 saturated carbocycles. The monoisotopic (exact) mass is 528 g/mol. The number of ketones is 4. The molecule has 204 valence electrons. The number of ether oxygens (including phenoxy) is 1. The fourth-order valence-electron chi connectivity index (χ4n) is 7.26. The van der Waals surface area contributed by atoms with Crippen molar-refractivity contribution in [3.8, 4) is 5.75 Å². The SMILES string of the molecule is CN(C)C1C(=O)C(C(N)=O)C(=O)[C@@]2(O)C(=O)C3C(=O)c4c(O)cccc4[C@H](COC4CCCC4)[C@H]3[C@H](O)[C@@H]12. The molecule has 8 atom stereocenters. The number of aliphatic hydroxyl groups excluding tert-OH is 1. The van der Waals surface area contributed by atoms with Crippen molar-refractivity contribution in [1.82, 2.24) is 4.90 Å². The molecule has 11 heteroatoms. The maximum Gasteiger partial charge on any atom is 0.235 e. The summed E-state index contributed by atoms with van der Waals surface area (Å²) in [5, 5.41) is 34.1. The van der Waals surface area contributed by atoms with Crippen molar-refractivity contribution in [3.63, 3.8) is 0 Å². The number of Topliss-reactive ketones (excluding diaryl/α,β-unsaturated/α-hetero) is 4. The van der Waals surface area contributed by atoms with Gasteiger partial charge in [-0.2, -0.15) is 0 Å². The summed E-state index contributed by atoms with van der Waals surface area (Å²) in [6, 6.07) is 3.05. The molecule has 1 aromatic rings. The Kier molecular flexibility index (Phi) is 6.54. The molecule has 0 aromatic heterocycles. The molecule has 0 radical (unpaired) electrons. The zero-order chi connectivity index (χ0) is 27.7. The zero-order valence-corrected chi connectivity index (χ0v) is 21.2. The molecule has 11 nitrogen and oxygen atoms in total. The molecule has 3 unspecified atom stereocenters.